The first-order chi connectivity index (χ1) is 10.8. The molecule has 22 heavy (non-hydrogen) atoms. The van der Waals surface area contributed by atoms with Gasteiger partial charge in [-0.05, 0) is 43.1 Å². The molecule has 0 spiro atoms. The molecule has 2 N–H and O–H groups in total. The summed E-state index contributed by atoms with van der Waals surface area (Å²) in [5, 5.41) is 2.80. The first-order valence-corrected chi connectivity index (χ1v) is 7.83. The molecule has 112 valence electrons. The van der Waals surface area contributed by atoms with Gasteiger partial charge >= 0.3 is 6.03 Å². The molecule has 0 bridgehead atoms. The number of fused-ring (bicyclic) bond motifs is 1. The third-order valence-corrected chi connectivity index (χ3v) is 4.00. The summed E-state index contributed by atoms with van der Waals surface area (Å²) >= 11 is 1.27. The lowest BCUT2D eigenvalue weighted by molar-refractivity contribution is 0.257. The molecule has 0 aliphatic carbocycles. The fourth-order valence-electron chi connectivity index (χ4n) is 2.21. The van der Waals surface area contributed by atoms with Crippen molar-refractivity contribution in [2.75, 3.05) is 5.32 Å². The van der Waals surface area contributed by atoms with Crippen molar-refractivity contribution in [2.24, 2.45) is 0 Å². The zero-order valence-electron chi connectivity index (χ0n) is 12.1. The van der Waals surface area contributed by atoms with E-state index in [1.807, 2.05) is 66.1 Å². The molecule has 2 aromatic carbocycles. The number of urea groups is 1. The van der Waals surface area contributed by atoms with Crippen LogP contribution in [0.15, 0.2) is 59.5 Å². The molecule has 0 fully saturated rings. The van der Waals surface area contributed by atoms with E-state index in [2.05, 4.69) is 15.0 Å². The van der Waals surface area contributed by atoms with Gasteiger partial charge in [0, 0.05) is 11.4 Å². The van der Waals surface area contributed by atoms with E-state index < -0.39 is 0 Å². The van der Waals surface area contributed by atoms with Crippen molar-refractivity contribution in [3.63, 3.8) is 0 Å². The van der Waals surface area contributed by atoms with Crippen molar-refractivity contribution < 1.29 is 4.79 Å². The maximum Gasteiger partial charge on any atom is 0.331 e. The highest BCUT2D eigenvalue weighted by atomic mass is 32.2. The Hall–Kier alpha value is -2.47. The van der Waals surface area contributed by atoms with E-state index in [4.69, 9.17) is 0 Å². The fourth-order valence-corrected chi connectivity index (χ4v) is 2.77. The normalized spacial score (nSPS) is 10.6. The number of carbonyl (C=O) groups excluding carboxylic acids is 1. The van der Waals surface area contributed by atoms with Crippen LogP contribution in [0.25, 0.3) is 11.0 Å². The average molecular weight is 312 g/mol. The minimum Gasteiger partial charge on any atom is -0.310 e. The Morgan fingerprint density at radius 2 is 1.86 bits per heavy atom. The van der Waals surface area contributed by atoms with Gasteiger partial charge in [-0.15, -0.1) is 0 Å². The summed E-state index contributed by atoms with van der Waals surface area (Å²) in [5.74, 6) is 0.551. The Morgan fingerprint density at radius 3 is 2.64 bits per heavy atom. The second-order valence-electron chi connectivity index (χ2n) is 4.64. The Kier molecular flexibility index (Phi) is 4.29. The molecule has 0 saturated carbocycles. The van der Waals surface area contributed by atoms with Crippen LogP contribution in [0.2, 0.25) is 0 Å². The number of carbonyl (C=O) groups is 1. The van der Waals surface area contributed by atoms with Crippen molar-refractivity contribution in [3.05, 3.63) is 54.6 Å². The van der Waals surface area contributed by atoms with Crippen molar-refractivity contribution in [1.29, 1.82) is 0 Å². The number of imidazole rings is 1. The summed E-state index contributed by atoms with van der Waals surface area (Å²) in [7, 11) is 0. The second-order valence-corrected chi connectivity index (χ2v) is 5.52. The van der Waals surface area contributed by atoms with E-state index in [1.165, 1.54) is 11.9 Å². The Labute approximate surface area is 132 Å². The van der Waals surface area contributed by atoms with Crippen LogP contribution in [-0.2, 0) is 6.54 Å². The molecule has 0 aliphatic heterocycles. The molecule has 0 radical (unpaired) electrons. The summed E-state index contributed by atoms with van der Waals surface area (Å²) in [6.07, 6.45) is 0. The van der Waals surface area contributed by atoms with Gasteiger partial charge in [0.15, 0.2) is 0 Å². The number of aryl methyl sites for hydroxylation is 1. The Morgan fingerprint density at radius 1 is 1.14 bits per heavy atom. The van der Waals surface area contributed by atoms with Crippen LogP contribution >= 0.6 is 11.9 Å². The minimum atomic E-state index is -0.293. The molecule has 6 heteroatoms. The van der Waals surface area contributed by atoms with Gasteiger partial charge in [-0.2, -0.15) is 0 Å². The van der Waals surface area contributed by atoms with Gasteiger partial charge in [0.25, 0.3) is 0 Å². The van der Waals surface area contributed by atoms with Gasteiger partial charge in [0.2, 0.25) is 5.95 Å². The SMILES string of the molecule is CCn1c(NC(=O)NSc2ccccc2)nc2ccccc21. The maximum atomic E-state index is 12.0. The molecule has 0 unspecified atom stereocenters. The highest BCUT2D eigenvalue weighted by Crippen LogP contribution is 2.19. The summed E-state index contributed by atoms with van der Waals surface area (Å²) in [5.41, 5.74) is 1.88. The maximum absolute atomic E-state index is 12.0. The van der Waals surface area contributed by atoms with E-state index in [-0.39, 0.29) is 6.03 Å². The van der Waals surface area contributed by atoms with E-state index in [0.29, 0.717) is 5.95 Å². The lowest BCUT2D eigenvalue weighted by Gasteiger charge is -2.08. The predicted octanol–water partition coefficient (Wildman–Crippen LogP) is 3.89. The molecule has 1 aromatic heterocycles. The molecule has 0 aliphatic rings. The molecular weight excluding hydrogens is 296 g/mol. The van der Waals surface area contributed by atoms with Crippen LogP contribution in [-0.4, -0.2) is 15.6 Å². The number of hydrogen-bond donors (Lipinski definition) is 2. The van der Waals surface area contributed by atoms with Crippen LogP contribution in [0.5, 0.6) is 0 Å². The molecule has 1 heterocycles. The van der Waals surface area contributed by atoms with Crippen LogP contribution in [0.4, 0.5) is 10.7 Å². The standard InChI is InChI=1S/C16H16N4OS/c1-2-20-14-11-7-6-10-13(14)17-15(20)18-16(21)19-22-12-8-4-3-5-9-12/h3-11H,2H2,1H3,(H2,17,18,19,21). The first kappa shape index (κ1) is 14.5. The monoisotopic (exact) mass is 312 g/mol. The average Bonchev–Trinajstić information content (AvgIpc) is 2.91. The quantitative estimate of drug-likeness (QED) is 0.719. The van der Waals surface area contributed by atoms with Crippen molar-refractivity contribution in [1.82, 2.24) is 14.3 Å². The van der Waals surface area contributed by atoms with E-state index >= 15 is 0 Å². The van der Waals surface area contributed by atoms with Crippen molar-refractivity contribution in [3.8, 4) is 0 Å². The minimum absolute atomic E-state index is 0.293. The number of para-hydroxylation sites is 2. The number of hydrogen-bond acceptors (Lipinski definition) is 3. The van der Waals surface area contributed by atoms with Gasteiger partial charge in [0.05, 0.1) is 11.0 Å². The number of aromatic nitrogens is 2. The van der Waals surface area contributed by atoms with Crippen molar-refractivity contribution in [2.45, 2.75) is 18.4 Å². The van der Waals surface area contributed by atoms with E-state index in [1.54, 1.807) is 0 Å². The first-order valence-electron chi connectivity index (χ1n) is 7.02. The third kappa shape index (κ3) is 3.07. The zero-order chi connectivity index (χ0) is 15.4. The molecule has 0 saturated heterocycles. The van der Waals surface area contributed by atoms with Crippen LogP contribution in [0.1, 0.15) is 6.92 Å². The number of nitrogens with zero attached hydrogens (tertiary/aromatic N) is 2. The number of benzene rings is 2. The summed E-state index contributed by atoms with van der Waals surface area (Å²) in [6.45, 7) is 2.76. The third-order valence-electron chi connectivity index (χ3n) is 3.20. The van der Waals surface area contributed by atoms with Crippen molar-refractivity contribution >= 4 is 35.0 Å². The fraction of sp³-hybridized carbons (Fsp3) is 0.125. The molecule has 5 nitrogen and oxygen atoms in total. The summed E-state index contributed by atoms with van der Waals surface area (Å²) in [6, 6.07) is 17.2. The highest BCUT2D eigenvalue weighted by molar-refractivity contribution is 7.98. The second kappa shape index (κ2) is 6.53. The lowest BCUT2D eigenvalue weighted by atomic mass is 10.3. The molecule has 0 atom stereocenters. The lowest BCUT2D eigenvalue weighted by Crippen LogP contribution is -2.24. The van der Waals surface area contributed by atoms with Gasteiger partial charge in [-0.3, -0.25) is 10.0 Å². The topological polar surface area (TPSA) is 59.0 Å². The van der Waals surface area contributed by atoms with E-state index in [0.717, 1.165) is 22.5 Å². The van der Waals surface area contributed by atoms with Crippen LogP contribution < -0.4 is 10.0 Å². The Balaban J connectivity index is 1.71. The van der Waals surface area contributed by atoms with Crippen LogP contribution in [0, 0.1) is 0 Å². The molecule has 2 amide bonds. The van der Waals surface area contributed by atoms with Crippen LogP contribution in [0.3, 0.4) is 0 Å². The van der Waals surface area contributed by atoms with Gasteiger partial charge in [0.1, 0.15) is 0 Å². The van der Waals surface area contributed by atoms with E-state index in [9.17, 15) is 4.79 Å². The van der Waals surface area contributed by atoms with Gasteiger partial charge < -0.3 is 4.57 Å². The number of amides is 2. The highest BCUT2D eigenvalue weighted by Gasteiger charge is 2.11. The number of anilines is 1. The zero-order valence-corrected chi connectivity index (χ0v) is 12.9. The van der Waals surface area contributed by atoms with Gasteiger partial charge in [-0.1, -0.05) is 30.3 Å². The largest absolute Gasteiger partial charge is 0.331 e. The number of rotatable bonds is 4. The predicted molar refractivity (Wildman–Crippen MR) is 89.9 cm³/mol. The molecule has 3 aromatic rings. The summed E-state index contributed by atoms with van der Waals surface area (Å²) in [4.78, 5) is 17.5. The molecule has 3 rings (SSSR count). The summed E-state index contributed by atoms with van der Waals surface area (Å²) < 4.78 is 4.73. The van der Waals surface area contributed by atoms with Gasteiger partial charge in [-0.25, -0.2) is 9.78 Å². The number of nitrogens with one attached hydrogen (secondary N) is 2. The Bertz CT molecular complexity index is 785. The smallest absolute Gasteiger partial charge is 0.310 e. The molecular formula is C16H16N4OS.